The van der Waals surface area contributed by atoms with Crippen molar-refractivity contribution in [2.24, 2.45) is 0 Å². The van der Waals surface area contributed by atoms with E-state index in [1.807, 2.05) is 0 Å². The zero-order valence-electron chi connectivity index (χ0n) is 11.9. The van der Waals surface area contributed by atoms with Crippen LogP contribution < -0.4 is 5.32 Å². The van der Waals surface area contributed by atoms with Crippen LogP contribution in [0.2, 0.25) is 0 Å². The van der Waals surface area contributed by atoms with E-state index in [0.717, 1.165) is 19.1 Å². The van der Waals surface area contributed by atoms with Gasteiger partial charge < -0.3 is 10.2 Å². The Balaban J connectivity index is 2.25. The van der Waals surface area contributed by atoms with Crippen LogP contribution in [-0.2, 0) is 0 Å². The zero-order chi connectivity index (χ0) is 12.7. The third kappa shape index (κ3) is 6.09. The quantitative estimate of drug-likeness (QED) is 0.744. The lowest BCUT2D eigenvalue weighted by Crippen LogP contribution is -2.44. The predicted octanol–water partition coefficient (Wildman–Crippen LogP) is 1.35. The van der Waals surface area contributed by atoms with E-state index in [1.165, 1.54) is 31.0 Å². The van der Waals surface area contributed by atoms with Crippen LogP contribution in [0.3, 0.4) is 0 Å². The molecule has 1 aliphatic heterocycles. The van der Waals surface area contributed by atoms with Gasteiger partial charge in [0.1, 0.15) is 0 Å². The summed E-state index contributed by atoms with van der Waals surface area (Å²) in [6.45, 7) is 9.34. The number of nitrogens with one attached hydrogen (secondary N) is 1. The number of likely N-dealkylation sites (N-methyl/N-ethyl adjacent to an activating group) is 2. The topological polar surface area (TPSA) is 18.5 Å². The lowest BCUT2D eigenvalue weighted by Gasteiger charge is -2.32. The molecule has 0 radical (unpaired) electrons. The van der Waals surface area contributed by atoms with Crippen LogP contribution in [0.5, 0.6) is 0 Å². The molecule has 2 unspecified atom stereocenters. The van der Waals surface area contributed by atoms with Crippen LogP contribution in [0, 0.1) is 0 Å². The Bertz CT molecular complexity index is 193. The van der Waals surface area contributed by atoms with Crippen molar-refractivity contribution in [3.63, 3.8) is 0 Å². The summed E-state index contributed by atoms with van der Waals surface area (Å²) in [7, 11) is 4.31. The summed E-state index contributed by atoms with van der Waals surface area (Å²) in [5.74, 6) is 2.57. The van der Waals surface area contributed by atoms with Crippen LogP contribution in [0.15, 0.2) is 0 Å². The second-order valence-electron chi connectivity index (χ2n) is 5.25. The van der Waals surface area contributed by atoms with E-state index in [4.69, 9.17) is 0 Å². The molecular formula is C13H29N3S. The van der Waals surface area contributed by atoms with E-state index >= 15 is 0 Å². The highest BCUT2D eigenvalue weighted by Crippen LogP contribution is 2.11. The first-order valence-electron chi connectivity index (χ1n) is 6.83. The monoisotopic (exact) mass is 259 g/mol. The molecule has 102 valence electrons. The van der Waals surface area contributed by atoms with Gasteiger partial charge in [-0.2, -0.15) is 11.8 Å². The van der Waals surface area contributed by atoms with Gasteiger partial charge in [-0.3, -0.25) is 4.90 Å². The van der Waals surface area contributed by atoms with E-state index in [-0.39, 0.29) is 0 Å². The zero-order valence-corrected chi connectivity index (χ0v) is 12.7. The normalized spacial score (nSPS) is 23.3. The summed E-state index contributed by atoms with van der Waals surface area (Å²) in [5.41, 5.74) is 0. The third-order valence-corrected chi connectivity index (χ3v) is 4.55. The number of rotatable bonds is 7. The molecule has 17 heavy (non-hydrogen) atoms. The third-order valence-electron chi connectivity index (χ3n) is 3.42. The van der Waals surface area contributed by atoms with Gasteiger partial charge in [0.2, 0.25) is 0 Å². The van der Waals surface area contributed by atoms with Crippen LogP contribution in [-0.4, -0.2) is 73.7 Å². The Hall–Kier alpha value is 0.230. The molecule has 0 spiro atoms. The molecule has 1 heterocycles. The molecule has 0 bridgehead atoms. The number of nitrogens with zero attached hydrogens (tertiary/aromatic N) is 2. The summed E-state index contributed by atoms with van der Waals surface area (Å²) < 4.78 is 0. The van der Waals surface area contributed by atoms with Gasteiger partial charge in [0.05, 0.1) is 0 Å². The van der Waals surface area contributed by atoms with Crippen molar-refractivity contribution in [2.45, 2.75) is 32.4 Å². The van der Waals surface area contributed by atoms with Gasteiger partial charge in [-0.25, -0.2) is 0 Å². The van der Waals surface area contributed by atoms with E-state index < -0.39 is 0 Å². The molecule has 0 aliphatic carbocycles. The van der Waals surface area contributed by atoms with Crippen molar-refractivity contribution in [1.82, 2.24) is 15.1 Å². The highest BCUT2D eigenvalue weighted by Gasteiger charge is 2.17. The van der Waals surface area contributed by atoms with Gasteiger partial charge in [0.25, 0.3) is 0 Å². The smallest absolute Gasteiger partial charge is 0.0194 e. The Labute approximate surface area is 111 Å². The summed E-state index contributed by atoms with van der Waals surface area (Å²) >= 11 is 2.09. The van der Waals surface area contributed by atoms with Gasteiger partial charge >= 0.3 is 0 Å². The van der Waals surface area contributed by atoms with Crippen molar-refractivity contribution >= 4 is 11.8 Å². The van der Waals surface area contributed by atoms with E-state index in [9.17, 15) is 0 Å². The average Bonchev–Trinajstić information content (AvgIpc) is 2.30. The van der Waals surface area contributed by atoms with Gasteiger partial charge in [0, 0.05) is 36.7 Å². The first kappa shape index (κ1) is 15.3. The van der Waals surface area contributed by atoms with Crippen LogP contribution in [0.25, 0.3) is 0 Å². The lowest BCUT2D eigenvalue weighted by molar-refractivity contribution is 0.175. The molecule has 0 amide bonds. The minimum absolute atomic E-state index is 0.659. The minimum atomic E-state index is 0.659. The molecular weight excluding hydrogens is 230 g/mol. The number of thioether (sulfide) groups is 1. The van der Waals surface area contributed by atoms with E-state index in [0.29, 0.717) is 6.04 Å². The SMILES string of the molecule is CCN(CCC1CSCCN1)C(C)CN(C)C. The van der Waals surface area contributed by atoms with Crippen LogP contribution in [0.4, 0.5) is 0 Å². The highest BCUT2D eigenvalue weighted by molar-refractivity contribution is 7.99. The van der Waals surface area contributed by atoms with Gasteiger partial charge in [-0.05, 0) is 40.5 Å². The lowest BCUT2D eigenvalue weighted by atomic mass is 10.2. The molecule has 1 N–H and O–H groups in total. The molecule has 0 aromatic heterocycles. The molecule has 1 aliphatic rings. The minimum Gasteiger partial charge on any atom is -0.312 e. The van der Waals surface area contributed by atoms with Gasteiger partial charge in [-0.15, -0.1) is 0 Å². The van der Waals surface area contributed by atoms with Crippen LogP contribution in [0.1, 0.15) is 20.3 Å². The molecule has 4 heteroatoms. The molecule has 0 saturated carbocycles. The molecule has 0 aromatic rings. The maximum atomic E-state index is 3.62. The Morgan fingerprint density at radius 3 is 2.71 bits per heavy atom. The first-order valence-corrected chi connectivity index (χ1v) is 7.98. The molecule has 0 aromatic carbocycles. The maximum absolute atomic E-state index is 3.62. The molecule has 2 atom stereocenters. The second kappa shape index (κ2) is 8.35. The predicted molar refractivity (Wildman–Crippen MR) is 79.0 cm³/mol. The fraction of sp³-hybridized carbons (Fsp3) is 1.00. The van der Waals surface area contributed by atoms with Gasteiger partial charge in [-0.1, -0.05) is 6.92 Å². The Morgan fingerprint density at radius 2 is 2.18 bits per heavy atom. The molecule has 1 saturated heterocycles. The molecule has 1 fully saturated rings. The Morgan fingerprint density at radius 1 is 1.41 bits per heavy atom. The van der Waals surface area contributed by atoms with Crippen molar-refractivity contribution in [3.8, 4) is 0 Å². The maximum Gasteiger partial charge on any atom is 0.0194 e. The summed E-state index contributed by atoms with van der Waals surface area (Å²) in [5, 5.41) is 3.62. The number of hydrogen-bond acceptors (Lipinski definition) is 4. The van der Waals surface area contributed by atoms with Crippen molar-refractivity contribution in [3.05, 3.63) is 0 Å². The Kier molecular flexibility index (Phi) is 7.51. The molecule has 3 nitrogen and oxygen atoms in total. The number of hydrogen-bond donors (Lipinski definition) is 1. The summed E-state index contributed by atoms with van der Waals surface area (Å²) in [4.78, 5) is 4.88. The summed E-state index contributed by atoms with van der Waals surface area (Å²) in [6.07, 6.45) is 1.29. The van der Waals surface area contributed by atoms with Crippen molar-refractivity contribution < 1.29 is 0 Å². The van der Waals surface area contributed by atoms with Gasteiger partial charge in [0.15, 0.2) is 0 Å². The largest absolute Gasteiger partial charge is 0.312 e. The van der Waals surface area contributed by atoms with Crippen LogP contribution >= 0.6 is 11.8 Å². The van der Waals surface area contributed by atoms with Crippen molar-refractivity contribution in [2.75, 3.05) is 51.8 Å². The molecule has 1 rings (SSSR count). The highest BCUT2D eigenvalue weighted by atomic mass is 32.2. The fourth-order valence-electron chi connectivity index (χ4n) is 2.46. The van der Waals surface area contributed by atoms with Crippen molar-refractivity contribution in [1.29, 1.82) is 0 Å². The average molecular weight is 259 g/mol. The second-order valence-corrected chi connectivity index (χ2v) is 6.40. The first-order chi connectivity index (χ1) is 8.13. The fourth-order valence-corrected chi connectivity index (χ4v) is 3.46. The summed E-state index contributed by atoms with van der Waals surface area (Å²) in [6, 6.07) is 1.39. The standard InChI is InChI=1S/C13H29N3S/c1-5-16(12(2)10-15(3)4)8-6-13-11-17-9-7-14-13/h12-14H,5-11H2,1-4H3. The van der Waals surface area contributed by atoms with E-state index in [1.54, 1.807) is 0 Å². The van der Waals surface area contributed by atoms with E-state index in [2.05, 4.69) is 54.8 Å².